The van der Waals surface area contributed by atoms with Crippen molar-refractivity contribution in [2.45, 2.75) is 0 Å². The highest BCUT2D eigenvalue weighted by Crippen LogP contribution is 2.22. The van der Waals surface area contributed by atoms with Gasteiger partial charge in [0.2, 0.25) is 0 Å². The molecule has 3 aromatic rings. The van der Waals surface area contributed by atoms with E-state index in [2.05, 4.69) is 15.6 Å². The van der Waals surface area contributed by atoms with Crippen LogP contribution in [-0.2, 0) is 0 Å². The van der Waals surface area contributed by atoms with Gasteiger partial charge >= 0.3 is 6.03 Å². The summed E-state index contributed by atoms with van der Waals surface area (Å²) in [6.07, 6.45) is 1.66. The Labute approximate surface area is 118 Å². The third kappa shape index (κ3) is 2.69. The predicted molar refractivity (Wildman–Crippen MR) is 77.3 cm³/mol. The number of hydrogen-bond donors (Lipinski definition) is 3. The molecule has 106 valence electrons. The molecule has 0 saturated carbocycles. The second-order valence-corrected chi connectivity index (χ2v) is 4.46. The Kier molecular flexibility index (Phi) is 3.27. The number of hydrogen-bond acceptors (Lipinski definition) is 1. The average molecular weight is 287 g/mol. The van der Waals surface area contributed by atoms with Crippen molar-refractivity contribution in [2.24, 2.45) is 0 Å². The van der Waals surface area contributed by atoms with Crippen molar-refractivity contribution in [3.8, 4) is 0 Å². The van der Waals surface area contributed by atoms with E-state index in [0.29, 0.717) is 5.69 Å². The number of halogens is 2. The van der Waals surface area contributed by atoms with E-state index in [0.717, 1.165) is 23.0 Å². The van der Waals surface area contributed by atoms with E-state index in [1.807, 2.05) is 24.3 Å². The third-order valence-corrected chi connectivity index (χ3v) is 3.01. The number of H-pyrrole nitrogens is 1. The molecule has 0 aliphatic carbocycles. The predicted octanol–water partition coefficient (Wildman–Crippen LogP) is 4.09. The Morgan fingerprint density at radius 3 is 2.62 bits per heavy atom. The first-order valence-electron chi connectivity index (χ1n) is 6.22. The van der Waals surface area contributed by atoms with Gasteiger partial charge in [0.05, 0.1) is 5.69 Å². The van der Waals surface area contributed by atoms with E-state index in [1.165, 1.54) is 6.07 Å². The van der Waals surface area contributed by atoms with Crippen LogP contribution >= 0.6 is 0 Å². The summed E-state index contributed by atoms with van der Waals surface area (Å²) in [4.78, 5) is 14.9. The van der Waals surface area contributed by atoms with Crippen LogP contribution in [0.5, 0.6) is 0 Å². The van der Waals surface area contributed by atoms with Gasteiger partial charge in [-0.15, -0.1) is 0 Å². The average Bonchev–Trinajstić information content (AvgIpc) is 2.86. The lowest BCUT2D eigenvalue weighted by Crippen LogP contribution is -2.19. The Morgan fingerprint density at radius 2 is 1.81 bits per heavy atom. The molecule has 0 fully saturated rings. The molecule has 0 aliphatic heterocycles. The lowest BCUT2D eigenvalue weighted by Gasteiger charge is -2.07. The van der Waals surface area contributed by atoms with Gasteiger partial charge in [-0.25, -0.2) is 13.6 Å². The van der Waals surface area contributed by atoms with Crippen molar-refractivity contribution in [2.75, 3.05) is 10.6 Å². The Morgan fingerprint density at radius 1 is 1.00 bits per heavy atom. The van der Waals surface area contributed by atoms with Crippen molar-refractivity contribution < 1.29 is 13.6 Å². The molecule has 0 radical (unpaired) electrons. The molecule has 0 saturated heterocycles. The largest absolute Gasteiger partial charge is 0.359 e. The molecule has 0 aliphatic rings. The quantitative estimate of drug-likeness (QED) is 0.653. The molecule has 21 heavy (non-hydrogen) atoms. The molecular weight excluding hydrogens is 276 g/mol. The second kappa shape index (κ2) is 5.24. The van der Waals surface area contributed by atoms with E-state index in [-0.39, 0.29) is 5.69 Å². The van der Waals surface area contributed by atoms with Crippen molar-refractivity contribution >= 4 is 28.3 Å². The SMILES string of the molecule is O=C(Nc1ccc(F)c(F)c1)Nc1c[nH]c2ccccc12. The minimum absolute atomic E-state index is 0.172. The minimum Gasteiger partial charge on any atom is -0.359 e. The Bertz CT molecular complexity index is 814. The molecule has 0 bridgehead atoms. The van der Waals surface area contributed by atoms with Gasteiger partial charge in [-0.2, -0.15) is 0 Å². The van der Waals surface area contributed by atoms with Crippen LogP contribution < -0.4 is 10.6 Å². The van der Waals surface area contributed by atoms with E-state index in [1.54, 1.807) is 6.20 Å². The molecular formula is C15H11F2N3O. The number of aromatic amines is 1. The number of anilines is 2. The van der Waals surface area contributed by atoms with E-state index in [4.69, 9.17) is 0 Å². The maximum absolute atomic E-state index is 13.1. The van der Waals surface area contributed by atoms with Gasteiger partial charge in [-0.1, -0.05) is 18.2 Å². The molecule has 2 aromatic carbocycles. The summed E-state index contributed by atoms with van der Waals surface area (Å²) < 4.78 is 25.9. The van der Waals surface area contributed by atoms with Crippen LogP contribution in [0.3, 0.4) is 0 Å². The molecule has 0 spiro atoms. The fraction of sp³-hybridized carbons (Fsp3) is 0. The van der Waals surface area contributed by atoms with Crippen molar-refractivity contribution in [1.29, 1.82) is 0 Å². The number of para-hydroxylation sites is 1. The van der Waals surface area contributed by atoms with Gasteiger partial charge in [0, 0.05) is 28.9 Å². The van der Waals surface area contributed by atoms with Gasteiger partial charge in [0.25, 0.3) is 0 Å². The van der Waals surface area contributed by atoms with Gasteiger partial charge in [-0.05, 0) is 18.2 Å². The lowest BCUT2D eigenvalue weighted by atomic mass is 10.2. The maximum atomic E-state index is 13.1. The van der Waals surface area contributed by atoms with E-state index in [9.17, 15) is 13.6 Å². The number of rotatable bonds is 2. The van der Waals surface area contributed by atoms with Crippen molar-refractivity contribution in [1.82, 2.24) is 4.98 Å². The molecule has 0 unspecified atom stereocenters. The summed E-state index contributed by atoms with van der Waals surface area (Å²) in [5.41, 5.74) is 1.66. The number of nitrogens with one attached hydrogen (secondary N) is 3. The summed E-state index contributed by atoms with van der Waals surface area (Å²) in [5.74, 6) is -1.97. The van der Waals surface area contributed by atoms with Crippen LogP contribution in [0.4, 0.5) is 25.0 Å². The molecule has 6 heteroatoms. The topological polar surface area (TPSA) is 56.9 Å². The van der Waals surface area contributed by atoms with Crippen LogP contribution in [-0.4, -0.2) is 11.0 Å². The van der Waals surface area contributed by atoms with Crippen molar-refractivity contribution in [3.63, 3.8) is 0 Å². The fourth-order valence-corrected chi connectivity index (χ4v) is 2.03. The van der Waals surface area contributed by atoms with E-state index < -0.39 is 17.7 Å². The number of amides is 2. The monoisotopic (exact) mass is 287 g/mol. The Hall–Kier alpha value is -2.89. The molecule has 2 amide bonds. The number of carbonyl (C=O) groups excluding carboxylic acids is 1. The normalized spacial score (nSPS) is 10.6. The molecule has 1 heterocycles. The minimum atomic E-state index is -1.01. The van der Waals surface area contributed by atoms with Gasteiger partial charge in [0.1, 0.15) is 0 Å². The summed E-state index contributed by atoms with van der Waals surface area (Å²) in [6.45, 7) is 0. The summed E-state index contributed by atoms with van der Waals surface area (Å²) >= 11 is 0. The first kappa shape index (κ1) is 13.1. The van der Waals surface area contributed by atoms with Gasteiger partial charge in [0.15, 0.2) is 11.6 Å². The zero-order valence-electron chi connectivity index (χ0n) is 10.8. The zero-order chi connectivity index (χ0) is 14.8. The number of aromatic nitrogens is 1. The molecule has 4 nitrogen and oxygen atoms in total. The first-order chi connectivity index (χ1) is 10.1. The van der Waals surface area contributed by atoms with E-state index >= 15 is 0 Å². The van der Waals surface area contributed by atoms with Crippen LogP contribution in [0.25, 0.3) is 10.9 Å². The Balaban J connectivity index is 1.75. The summed E-state index contributed by atoms with van der Waals surface area (Å²) in [7, 11) is 0. The molecule has 3 rings (SSSR count). The van der Waals surface area contributed by atoms with Gasteiger partial charge < -0.3 is 15.6 Å². The molecule has 3 N–H and O–H groups in total. The molecule has 1 aromatic heterocycles. The first-order valence-corrected chi connectivity index (χ1v) is 6.22. The second-order valence-electron chi connectivity index (χ2n) is 4.46. The van der Waals surface area contributed by atoms with Crippen LogP contribution in [0.15, 0.2) is 48.7 Å². The standard InChI is InChI=1S/C15H11F2N3O/c16-11-6-5-9(7-12(11)17)19-15(21)20-14-8-18-13-4-2-1-3-10(13)14/h1-8,18H,(H2,19,20,21). The highest BCUT2D eigenvalue weighted by molar-refractivity contribution is 6.05. The summed E-state index contributed by atoms with van der Waals surface area (Å²) in [6, 6.07) is 10.1. The van der Waals surface area contributed by atoms with Crippen LogP contribution in [0.2, 0.25) is 0 Å². The zero-order valence-corrected chi connectivity index (χ0v) is 10.8. The smallest absolute Gasteiger partial charge is 0.323 e. The van der Waals surface area contributed by atoms with Crippen molar-refractivity contribution in [3.05, 3.63) is 60.3 Å². The van der Waals surface area contributed by atoms with Gasteiger partial charge in [-0.3, -0.25) is 0 Å². The number of benzene rings is 2. The van der Waals surface area contributed by atoms with Crippen LogP contribution in [0, 0.1) is 11.6 Å². The fourth-order valence-electron chi connectivity index (χ4n) is 2.03. The number of carbonyl (C=O) groups is 1. The van der Waals surface area contributed by atoms with Crippen LogP contribution in [0.1, 0.15) is 0 Å². The highest BCUT2D eigenvalue weighted by Gasteiger charge is 2.09. The maximum Gasteiger partial charge on any atom is 0.323 e. The number of fused-ring (bicyclic) bond motifs is 1. The highest BCUT2D eigenvalue weighted by atomic mass is 19.2. The third-order valence-electron chi connectivity index (χ3n) is 3.01. The molecule has 0 atom stereocenters. The lowest BCUT2D eigenvalue weighted by molar-refractivity contribution is 0.262. The number of urea groups is 1. The summed E-state index contributed by atoms with van der Waals surface area (Å²) in [5, 5.41) is 5.95.